The third-order valence-corrected chi connectivity index (χ3v) is 13.3. The normalized spacial score (nSPS) is 10.9. The van der Waals surface area contributed by atoms with Gasteiger partial charge in [0.1, 0.15) is 0 Å². The van der Waals surface area contributed by atoms with E-state index in [1.807, 2.05) is 42.5 Å². The highest BCUT2D eigenvalue weighted by molar-refractivity contribution is 7.98. The zero-order valence-corrected chi connectivity index (χ0v) is 43.3. The van der Waals surface area contributed by atoms with Crippen LogP contribution in [0.1, 0.15) is 34.7 Å². The fourth-order valence-electron chi connectivity index (χ4n) is 6.58. The Morgan fingerprint density at radius 1 is 0.562 bits per heavy atom. The summed E-state index contributed by atoms with van der Waals surface area (Å²) in [5, 5.41) is 33.5. The molecule has 0 atom stereocenters. The first-order valence-electron chi connectivity index (χ1n) is 23.2. The Kier molecular flexibility index (Phi) is 20.7. The molecule has 1 amide bonds. The summed E-state index contributed by atoms with van der Waals surface area (Å²) >= 11 is 10.6. The summed E-state index contributed by atoms with van der Waals surface area (Å²) in [5.74, 6) is 3.95. The molecule has 0 radical (unpaired) electrons. The van der Waals surface area contributed by atoms with Crippen LogP contribution in [0.4, 0.5) is 41.4 Å². The van der Waals surface area contributed by atoms with E-state index in [4.69, 9.17) is 27.3 Å². The highest BCUT2D eigenvalue weighted by Gasteiger charge is 2.18. The van der Waals surface area contributed by atoms with Gasteiger partial charge in [-0.25, -0.2) is 0 Å². The number of aryl methyl sites for hydroxylation is 1. The van der Waals surface area contributed by atoms with E-state index in [1.165, 1.54) is 58.7 Å². The molecule has 0 aliphatic heterocycles. The fourth-order valence-corrected chi connectivity index (χ4v) is 9.08. The maximum atomic E-state index is 12.6. The van der Waals surface area contributed by atoms with Gasteiger partial charge in [0.05, 0.1) is 11.5 Å². The summed E-state index contributed by atoms with van der Waals surface area (Å²) in [5.41, 5.74) is 10.6. The van der Waals surface area contributed by atoms with E-state index in [2.05, 4.69) is 110 Å². The zero-order valence-electron chi connectivity index (χ0n) is 40.1. The van der Waals surface area contributed by atoms with E-state index in [0.717, 1.165) is 16.7 Å². The van der Waals surface area contributed by atoms with Crippen molar-refractivity contribution in [1.82, 2.24) is 49.8 Å². The van der Waals surface area contributed by atoms with Crippen molar-refractivity contribution >= 4 is 94.2 Å². The van der Waals surface area contributed by atoms with E-state index in [9.17, 15) is 14.9 Å². The molecule has 0 unspecified atom stereocenters. The maximum absolute atomic E-state index is 12.6. The second-order valence-corrected chi connectivity index (χ2v) is 19.2. The van der Waals surface area contributed by atoms with Crippen LogP contribution in [0.25, 0.3) is 0 Å². The van der Waals surface area contributed by atoms with Gasteiger partial charge in [-0.3, -0.25) is 14.9 Å². The van der Waals surface area contributed by atoms with Crippen molar-refractivity contribution in [2.75, 3.05) is 84.3 Å². The highest BCUT2D eigenvalue weighted by Crippen LogP contribution is 2.25. The van der Waals surface area contributed by atoms with Crippen LogP contribution in [-0.2, 0) is 28.6 Å². The number of aromatic nitrogens is 9. The zero-order chi connectivity index (χ0) is 51.2. The molecular weight excluding hydrogens is 1010 g/mol. The molecule has 0 fully saturated rings. The Hall–Kier alpha value is -7.12. The molecular formula is C48H55ClN18O3S3. The average Bonchev–Trinajstić information content (AvgIpc) is 3.39. The first-order chi connectivity index (χ1) is 35.5. The predicted octanol–water partition coefficient (Wildman–Crippen LogP) is 7.87. The summed E-state index contributed by atoms with van der Waals surface area (Å²) in [6.07, 6.45) is 0. The van der Waals surface area contributed by atoms with Gasteiger partial charge in [0.2, 0.25) is 41.6 Å². The molecule has 73 heavy (non-hydrogen) atoms. The number of nitrogens with zero attached hydrogens (tertiary/aromatic N) is 11. The number of nitro benzene ring substituents is 1. The summed E-state index contributed by atoms with van der Waals surface area (Å²) in [4.78, 5) is 67.2. The lowest BCUT2D eigenvalue weighted by Gasteiger charge is -2.21. The number of amides is 1. The molecule has 0 bridgehead atoms. The van der Waals surface area contributed by atoms with E-state index in [1.54, 1.807) is 18.2 Å². The van der Waals surface area contributed by atoms with Crippen molar-refractivity contribution < 1.29 is 9.72 Å². The number of nitrogens with one attached hydrogen (secondary N) is 6. The lowest BCUT2D eigenvalue weighted by atomic mass is 10.1. The Morgan fingerprint density at radius 3 is 1.40 bits per heavy atom. The van der Waals surface area contributed by atoms with Crippen LogP contribution in [0.15, 0.2) is 119 Å². The number of hydrogen-bond donors (Lipinski definition) is 7. The molecule has 0 aliphatic rings. The number of carbonyl (C=O) groups excluding carboxylic acids is 1. The number of thioether (sulfide) groups is 3. The van der Waals surface area contributed by atoms with E-state index < -0.39 is 4.92 Å². The average molecular weight is 1060 g/mol. The van der Waals surface area contributed by atoms with Crippen LogP contribution in [0.2, 0.25) is 5.02 Å². The van der Waals surface area contributed by atoms with Crippen molar-refractivity contribution in [1.29, 1.82) is 0 Å². The first kappa shape index (κ1) is 53.7. The molecule has 3 heterocycles. The Bertz CT molecular complexity index is 2880. The number of anilines is 6. The molecule has 4 aromatic carbocycles. The predicted molar refractivity (Wildman–Crippen MR) is 291 cm³/mol. The molecule has 0 saturated carbocycles. The Labute approximate surface area is 440 Å². The van der Waals surface area contributed by atoms with Gasteiger partial charge >= 0.3 is 0 Å². The Morgan fingerprint density at radius 2 is 0.959 bits per heavy atom. The summed E-state index contributed by atoms with van der Waals surface area (Å²) in [7, 11) is 0. The second-order valence-electron chi connectivity index (χ2n) is 15.9. The molecule has 380 valence electrons. The number of halogens is 1. The SMILES string of the molecule is CC(=O)N(CCNc1nc(NCCNc2nc(NCCNc3nc(NCCN)nc(SCc4ccccc4)n3)nc(SCc3ccc(C)cc3)n2)nc(SCc2ccc(Cl)cc2)n1)Cc1ccccc1[N+](=O)[O-]. The molecule has 7 aromatic rings. The van der Waals surface area contributed by atoms with Crippen LogP contribution in [-0.4, -0.2) is 113 Å². The summed E-state index contributed by atoms with van der Waals surface area (Å²) in [6, 6.07) is 32.4. The number of benzene rings is 4. The van der Waals surface area contributed by atoms with Crippen LogP contribution >= 0.6 is 46.9 Å². The molecule has 3 aromatic heterocycles. The van der Waals surface area contributed by atoms with Crippen LogP contribution in [0.3, 0.4) is 0 Å². The smallest absolute Gasteiger partial charge is 0.274 e. The van der Waals surface area contributed by atoms with Crippen molar-refractivity contribution in [2.24, 2.45) is 5.73 Å². The van der Waals surface area contributed by atoms with Gasteiger partial charge in [-0.05, 0) is 35.7 Å². The van der Waals surface area contributed by atoms with Crippen LogP contribution in [0.5, 0.6) is 0 Å². The minimum absolute atomic E-state index is 0.0482. The molecule has 25 heteroatoms. The number of rotatable bonds is 29. The largest absolute Gasteiger partial charge is 0.353 e. The summed E-state index contributed by atoms with van der Waals surface area (Å²) in [6.45, 7) is 6.66. The van der Waals surface area contributed by atoms with Gasteiger partial charge in [-0.15, -0.1) is 0 Å². The molecule has 7 rings (SSSR count). The van der Waals surface area contributed by atoms with Gasteiger partial charge < -0.3 is 42.5 Å². The lowest BCUT2D eigenvalue weighted by molar-refractivity contribution is -0.385. The second kappa shape index (κ2) is 28.2. The maximum Gasteiger partial charge on any atom is 0.274 e. The third-order valence-electron chi connectivity index (χ3n) is 10.3. The van der Waals surface area contributed by atoms with Crippen molar-refractivity contribution in [3.63, 3.8) is 0 Å². The van der Waals surface area contributed by atoms with Gasteiger partial charge in [-0.1, -0.05) is 137 Å². The lowest BCUT2D eigenvalue weighted by Crippen LogP contribution is -2.33. The van der Waals surface area contributed by atoms with Crippen molar-refractivity contribution in [3.05, 3.63) is 146 Å². The molecule has 0 saturated heterocycles. The minimum atomic E-state index is -0.449. The minimum Gasteiger partial charge on any atom is -0.353 e. The molecule has 0 aliphatic carbocycles. The number of nitrogens with two attached hydrogens (primary N) is 1. The van der Waals surface area contributed by atoms with Gasteiger partial charge in [0, 0.05) is 93.2 Å². The Balaban J connectivity index is 0.991. The quantitative estimate of drug-likeness (QED) is 0.0102. The number of para-hydroxylation sites is 1. The van der Waals surface area contributed by atoms with Gasteiger partial charge in [0.25, 0.3) is 5.69 Å². The van der Waals surface area contributed by atoms with Crippen molar-refractivity contribution in [2.45, 2.75) is 53.1 Å². The molecule has 0 spiro atoms. The highest BCUT2D eigenvalue weighted by atomic mass is 35.5. The van der Waals surface area contributed by atoms with Gasteiger partial charge in [0.15, 0.2) is 15.5 Å². The summed E-state index contributed by atoms with van der Waals surface area (Å²) < 4.78 is 0. The number of nitro groups is 1. The number of carbonyl (C=O) groups is 1. The number of hydrogen-bond acceptors (Lipinski definition) is 22. The van der Waals surface area contributed by atoms with Gasteiger partial charge in [-0.2, -0.15) is 44.9 Å². The fraction of sp³-hybridized carbons (Fsp3) is 0.292. The topological polar surface area (TPSA) is 278 Å². The standard InChI is InChI=1S/C48H55ClN18O3S3/c1-32-12-14-35(15-13-32)30-72-47-62-42(53-23-22-52-41-57-40(51-21-20-50)60-46(61-41)71-29-34-8-4-3-5-9-34)58-43(63-47)54-24-25-55-44-59-45(65-48(64-44)73-31-36-16-18-38(49)19-17-36)56-26-27-66(33(2)68)28-37-10-6-7-11-39(37)67(69)70/h3-19H,20-31,50H2,1-2H3,(H2,51,52,57,60,61)(H2,53,54,58,62,63)(H2,55,56,59,64,65). The first-order valence-corrected chi connectivity index (χ1v) is 26.5. The van der Waals surface area contributed by atoms with Crippen molar-refractivity contribution in [3.8, 4) is 0 Å². The molecule has 21 nitrogen and oxygen atoms in total. The third kappa shape index (κ3) is 18.2. The monoisotopic (exact) mass is 1060 g/mol. The van der Waals surface area contributed by atoms with Crippen LogP contribution in [0, 0.1) is 17.0 Å². The van der Waals surface area contributed by atoms with E-state index >= 15 is 0 Å². The van der Waals surface area contributed by atoms with E-state index in [0.29, 0.717) is 112 Å². The molecule has 8 N–H and O–H groups in total. The van der Waals surface area contributed by atoms with Crippen LogP contribution < -0.4 is 37.6 Å². The van der Waals surface area contributed by atoms with E-state index in [-0.39, 0.29) is 37.2 Å².